The van der Waals surface area contributed by atoms with Crippen LogP contribution in [0, 0.1) is 5.92 Å². The van der Waals surface area contributed by atoms with E-state index in [1.165, 1.54) is 6.20 Å². The maximum Gasteiger partial charge on any atom is 0.303 e. The minimum absolute atomic E-state index is 0.0195. The number of nitrogens with two attached hydrogens (primary N) is 1. The van der Waals surface area contributed by atoms with Crippen LogP contribution in [0.5, 0.6) is 0 Å². The van der Waals surface area contributed by atoms with Gasteiger partial charge in [0.05, 0.1) is 24.7 Å². The number of carboxylic acid groups (broad SMARTS) is 1. The number of carbonyl (C=O) groups is 2. The average molecular weight is 249 g/mol. The molecule has 0 unspecified atom stereocenters. The van der Waals surface area contributed by atoms with Crippen LogP contribution in [-0.4, -0.2) is 40.0 Å². The molecule has 0 atom stereocenters. The largest absolute Gasteiger partial charge is 0.481 e. The Kier molecular flexibility index (Phi) is 3.45. The lowest BCUT2D eigenvalue weighted by Crippen LogP contribution is -2.51. The van der Waals surface area contributed by atoms with Gasteiger partial charge in [0.25, 0.3) is 0 Å². The van der Waals surface area contributed by atoms with Crippen molar-refractivity contribution in [2.45, 2.75) is 12.8 Å². The van der Waals surface area contributed by atoms with Crippen molar-refractivity contribution in [3.8, 4) is 0 Å². The van der Waals surface area contributed by atoms with E-state index in [2.05, 4.69) is 4.98 Å². The second-order valence-electron chi connectivity index (χ2n) is 4.52. The Balaban J connectivity index is 1.80. The number of hydrogen-bond acceptors (Lipinski definition) is 4. The van der Waals surface area contributed by atoms with Crippen LogP contribution in [0.25, 0.3) is 0 Å². The predicted octanol–water partition coefficient (Wildman–Crippen LogP) is 0.139. The van der Waals surface area contributed by atoms with E-state index in [1.807, 2.05) is 0 Å². The lowest BCUT2D eigenvalue weighted by molar-refractivity contribution is -0.144. The van der Waals surface area contributed by atoms with Crippen LogP contribution >= 0.6 is 0 Å². The third kappa shape index (κ3) is 2.97. The summed E-state index contributed by atoms with van der Waals surface area (Å²) in [5.74, 6) is -0.743. The minimum Gasteiger partial charge on any atom is -0.481 e. The topological polar surface area (TPSA) is 96.5 Å². The van der Waals surface area contributed by atoms with Crippen molar-refractivity contribution >= 4 is 17.6 Å². The minimum atomic E-state index is -0.813. The monoisotopic (exact) mass is 249 g/mol. The summed E-state index contributed by atoms with van der Waals surface area (Å²) in [7, 11) is 0. The fraction of sp³-hybridized carbons (Fsp3) is 0.417. The predicted molar refractivity (Wildman–Crippen MR) is 64.7 cm³/mol. The zero-order valence-corrected chi connectivity index (χ0v) is 9.87. The van der Waals surface area contributed by atoms with Crippen molar-refractivity contribution in [2.24, 2.45) is 5.92 Å². The molecule has 96 valence electrons. The fourth-order valence-electron chi connectivity index (χ4n) is 1.96. The summed E-state index contributed by atoms with van der Waals surface area (Å²) >= 11 is 0. The molecule has 1 saturated heterocycles. The average Bonchev–Trinajstić information content (AvgIpc) is 2.25. The molecule has 6 nitrogen and oxygen atoms in total. The maximum absolute atomic E-state index is 11.8. The number of pyridine rings is 1. The lowest BCUT2D eigenvalue weighted by atomic mass is 9.96. The molecule has 3 N–H and O–H groups in total. The van der Waals surface area contributed by atoms with E-state index in [1.54, 1.807) is 17.0 Å². The Labute approximate surface area is 104 Å². The highest BCUT2D eigenvalue weighted by Gasteiger charge is 2.31. The molecular formula is C12H15N3O3. The number of amides is 1. The molecule has 1 aromatic heterocycles. The van der Waals surface area contributed by atoms with Crippen molar-refractivity contribution in [3.05, 3.63) is 24.0 Å². The van der Waals surface area contributed by atoms with Gasteiger partial charge in [-0.05, 0) is 12.1 Å². The van der Waals surface area contributed by atoms with Gasteiger partial charge in [0.2, 0.25) is 5.91 Å². The van der Waals surface area contributed by atoms with Gasteiger partial charge < -0.3 is 15.7 Å². The first-order valence-corrected chi connectivity index (χ1v) is 5.74. The van der Waals surface area contributed by atoms with Crippen LogP contribution in [0.1, 0.15) is 12.1 Å². The molecule has 0 aliphatic carbocycles. The summed E-state index contributed by atoms with van der Waals surface area (Å²) in [5, 5.41) is 8.61. The highest BCUT2D eigenvalue weighted by molar-refractivity contribution is 5.79. The number of likely N-dealkylation sites (tertiary alicyclic amines) is 1. The highest BCUT2D eigenvalue weighted by atomic mass is 16.4. The third-order valence-electron chi connectivity index (χ3n) is 2.95. The van der Waals surface area contributed by atoms with Crippen LogP contribution in [0.15, 0.2) is 18.3 Å². The summed E-state index contributed by atoms with van der Waals surface area (Å²) in [4.78, 5) is 28.0. The molecule has 0 aromatic carbocycles. The van der Waals surface area contributed by atoms with Crippen LogP contribution in [0.3, 0.4) is 0 Å². The van der Waals surface area contributed by atoms with E-state index in [0.717, 1.165) is 0 Å². The third-order valence-corrected chi connectivity index (χ3v) is 2.95. The summed E-state index contributed by atoms with van der Waals surface area (Å²) < 4.78 is 0. The quantitative estimate of drug-likeness (QED) is 0.791. The Morgan fingerprint density at radius 2 is 2.17 bits per heavy atom. The Morgan fingerprint density at radius 1 is 1.44 bits per heavy atom. The van der Waals surface area contributed by atoms with Crippen LogP contribution in [-0.2, 0) is 16.0 Å². The molecule has 18 heavy (non-hydrogen) atoms. The number of aromatic nitrogens is 1. The molecule has 1 aliphatic rings. The first kappa shape index (κ1) is 12.3. The summed E-state index contributed by atoms with van der Waals surface area (Å²) in [6.07, 6.45) is 1.88. The van der Waals surface area contributed by atoms with Gasteiger partial charge in [-0.1, -0.05) is 0 Å². The smallest absolute Gasteiger partial charge is 0.303 e. The maximum atomic E-state index is 11.8. The Bertz CT molecular complexity index is 452. The standard InChI is InChI=1S/C12H15N3O3/c13-9-1-2-10(14-5-9)4-11(16)15-6-8(7-15)3-12(17)18/h1-2,5,8H,3-4,6-7,13H2,(H,17,18). The molecule has 1 aliphatic heterocycles. The van der Waals surface area contributed by atoms with Gasteiger partial charge in [0.1, 0.15) is 0 Å². The van der Waals surface area contributed by atoms with Crippen LogP contribution in [0.2, 0.25) is 0 Å². The number of rotatable bonds is 4. The number of anilines is 1. The van der Waals surface area contributed by atoms with Crippen LogP contribution < -0.4 is 5.73 Å². The molecule has 0 saturated carbocycles. The van der Waals surface area contributed by atoms with E-state index in [4.69, 9.17) is 10.8 Å². The van der Waals surface area contributed by atoms with Crippen molar-refractivity contribution < 1.29 is 14.7 Å². The zero-order valence-electron chi connectivity index (χ0n) is 9.87. The molecule has 6 heteroatoms. The number of carbonyl (C=O) groups excluding carboxylic acids is 1. The van der Waals surface area contributed by atoms with Gasteiger partial charge in [0, 0.05) is 24.7 Å². The molecule has 1 amide bonds. The van der Waals surface area contributed by atoms with Gasteiger partial charge in [-0.25, -0.2) is 0 Å². The fourth-order valence-corrected chi connectivity index (χ4v) is 1.96. The molecular weight excluding hydrogens is 234 g/mol. The second kappa shape index (κ2) is 5.03. The molecule has 2 rings (SSSR count). The first-order chi connectivity index (χ1) is 8.54. The molecule has 1 fully saturated rings. The Hall–Kier alpha value is -2.11. The van der Waals surface area contributed by atoms with Gasteiger partial charge in [-0.15, -0.1) is 0 Å². The van der Waals surface area contributed by atoms with Gasteiger partial charge in [-0.3, -0.25) is 14.6 Å². The van der Waals surface area contributed by atoms with E-state index in [-0.39, 0.29) is 24.7 Å². The van der Waals surface area contributed by atoms with E-state index < -0.39 is 5.97 Å². The van der Waals surface area contributed by atoms with E-state index in [9.17, 15) is 9.59 Å². The first-order valence-electron chi connectivity index (χ1n) is 5.74. The van der Waals surface area contributed by atoms with Crippen molar-refractivity contribution in [1.82, 2.24) is 9.88 Å². The van der Waals surface area contributed by atoms with Crippen molar-refractivity contribution in [3.63, 3.8) is 0 Å². The summed E-state index contributed by atoms with van der Waals surface area (Å²) in [6, 6.07) is 3.43. The van der Waals surface area contributed by atoms with Crippen molar-refractivity contribution in [1.29, 1.82) is 0 Å². The highest BCUT2D eigenvalue weighted by Crippen LogP contribution is 2.19. The number of nitrogens with zero attached hydrogens (tertiary/aromatic N) is 2. The SMILES string of the molecule is Nc1ccc(CC(=O)N2CC(CC(=O)O)C2)nc1. The Morgan fingerprint density at radius 3 is 2.72 bits per heavy atom. The van der Waals surface area contributed by atoms with E-state index in [0.29, 0.717) is 24.5 Å². The lowest BCUT2D eigenvalue weighted by Gasteiger charge is -2.38. The molecule has 1 aromatic rings. The number of carboxylic acids is 1. The van der Waals surface area contributed by atoms with Crippen LogP contribution in [0.4, 0.5) is 5.69 Å². The summed E-state index contributed by atoms with van der Waals surface area (Å²) in [5.41, 5.74) is 6.75. The molecule has 0 spiro atoms. The number of aliphatic carboxylic acids is 1. The molecule has 0 bridgehead atoms. The number of hydrogen-bond donors (Lipinski definition) is 2. The normalized spacial score (nSPS) is 15.2. The molecule has 2 heterocycles. The van der Waals surface area contributed by atoms with Gasteiger partial charge >= 0.3 is 5.97 Å². The van der Waals surface area contributed by atoms with E-state index >= 15 is 0 Å². The summed E-state index contributed by atoms with van der Waals surface area (Å²) in [6.45, 7) is 1.06. The second-order valence-corrected chi connectivity index (χ2v) is 4.52. The molecule has 0 radical (unpaired) electrons. The van der Waals surface area contributed by atoms with Gasteiger partial charge in [0.15, 0.2) is 0 Å². The van der Waals surface area contributed by atoms with Crippen molar-refractivity contribution in [2.75, 3.05) is 18.8 Å². The zero-order chi connectivity index (χ0) is 13.1. The van der Waals surface area contributed by atoms with Gasteiger partial charge in [-0.2, -0.15) is 0 Å². The number of nitrogen functional groups attached to an aromatic ring is 1.